The molecule has 0 saturated heterocycles. The van der Waals surface area contributed by atoms with Crippen LogP contribution in [-0.4, -0.2) is 18.0 Å². The molecule has 14 heavy (non-hydrogen) atoms. The molecule has 0 aromatic carbocycles. The molecule has 0 aromatic rings. The fraction of sp³-hybridized carbons (Fsp3) is 0.600. The van der Waals surface area contributed by atoms with E-state index in [1.807, 2.05) is 0 Å². The molecule has 0 radical (unpaired) electrons. The van der Waals surface area contributed by atoms with Crippen LogP contribution < -0.4 is 0 Å². The first kappa shape index (κ1) is 10.8. The molecule has 4 heteroatoms. The van der Waals surface area contributed by atoms with Gasteiger partial charge in [-0.3, -0.25) is 9.59 Å². The predicted octanol–water partition coefficient (Wildman–Crippen LogP) is 1.55. The van der Waals surface area contributed by atoms with Crippen molar-refractivity contribution in [1.29, 1.82) is 0 Å². The Hall–Kier alpha value is -1.32. The van der Waals surface area contributed by atoms with Crippen LogP contribution in [0.5, 0.6) is 0 Å². The zero-order chi connectivity index (χ0) is 10.6. The van der Waals surface area contributed by atoms with Crippen LogP contribution in [0.4, 0.5) is 0 Å². The van der Waals surface area contributed by atoms with Crippen LogP contribution in [0.15, 0.2) is 11.8 Å². The molecule has 0 fully saturated rings. The Morgan fingerprint density at radius 1 is 1.57 bits per heavy atom. The van der Waals surface area contributed by atoms with Crippen LogP contribution in [0.3, 0.4) is 0 Å². The second kappa shape index (κ2) is 4.79. The van der Waals surface area contributed by atoms with Crippen molar-refractivity contribution >= 4 is 11.9 Å². The number of rotatable bonds is 3. The Morgan fingerprint density at radius 2 is 2.29 bits per heavy atom. The average Bonchev–Trinajstić information content (AvgIpc) is 2.51. The quantitative estimate of drug-likeness (QED) is 0.645. The number of allylic oxidation sites excluding steroid dienone is 1. The molecule has 1 atom stereocenters. The minimum absolute atomic E-state index is 0.229. The van der Waals surface area contributed by atoms with Crippen molar-refractivity contribution in [1.82, 2.24) is 0 Å². The lowest BCUT2D eigenvalue weighted by Crippen LogP contribution is -2.10. The lowest BCUT2D eigenvalue weighted by Gasteiger charge is -2.05. The van der Waals surface area contributed by atoms with Gasteiger partial charge in [-0.15, -0.1) is 0 Å². The van der Waals surface area contributed by atoms with Crippen molar-refractivity contribution in [2.24, 2.45) is 0 Å². The van der Waals surface area contributed by atoms with Gasteiger partial charge in [0.05, 0.1) is 0 Å². The summed E-state index contributed by atoms with van der Waals surface area (Å²) in [6.07, 6.45) is 3.17. The van der Waals surface area contributed by atoms with Crippen LogP contribution in [-0.2, 0) is 19.1 Å². The molecular weight excluding hydrogens is 184 g/mol. The monoisotopic (exact) mass is 198 g/mol. The second-order valence-electron chi connectivity index (χ2n) is 3.15. The van der Waals surface area contributed by atoms with Gasteiger partial charge in [0.1, 0.15) is 11.9 Å². The van der Waals surface area contributed by atoms with Gasteiger partial charge in [-0.1, -0.05) is 6.92 Å². The molecule has 0 N–H and O–H groups in total. The third-order valence-corrected chi connectivity index (χ3v) is 1.90. The van der Waals surface area contributed by atoms with E-state index in [9.17, 15) is 9.59 Å². The molecule has 0 heterocycles. The lowest BCUT2D eigenvalue weighted by molar-refractivity contribution is -0.144. The molecule has 4 nitrogen and oxygen atoms in total. The average molecular weight is 198 g/mol. The van der Waals surface area contributed by atoms with E-state index in [0.29, 0.717) is 25.0 Å². The van der Waals surface area contributed by atoms with E-state index in [-0.39, 0.29) is 18.0 Å². The van der Waals surface area contributed by atoms with E-state index in [4.69, 9.17) is 9.47 Å². The van der Waals surface area contributed by atoms with Gasteiger partial charge in [-0.05, 0) is 12.5 Å². The maximum absolute atomic E-state index is 10.9. The Labute approximate surface area is 82.9 Å². The third kappa shape index (κ3) is 3.20. The predicted molar refractivity (Wildman–Crippen MR) is 49.3 cm³/mol. The van der Waals surface area contributed by atoms with E-state index >= 15 is 0 Å². The zero-order valence-electron chi connectivity index (χ0n) is 8.41. The summed E-state index contributed by atoms with van der Waals surface area (Å²) in [5.74, 6) is 0.0529. The van der Waals surface area contributed by atoms with Crippen LogP contribution in [0.2, 0.25) is 0 Å². The van der Waals surface area contributed by atoms with Crippen molar-refractivity contribution in [3.63, 3.8) is 0 Å². The van der Waals surface area contributed by atoms with Gasteiger partial charge in [-0.2, -0.15) is 0 Å². The number of esters is 2. The normalized spacial score (nSPS) is 20.1. The van der Waals surface area contributed by atoms with Crippen molar-refractivity contribution in [3.05, 3.63) is 11.8 Å². The van der Waals surface area contributed by atoms with Crippen molar-refractivity contribution in [2.75, 3.05) is 0 Å². The Kier molecular flexibility index (Phi) is 3.68. The summed E-state index contributed by atoms with van der Waals surface area (Å²) in [6, 6.07) is 0. The van der Waals surface area contributed by atoms with Crippen LogP contribution in [0, 0.1) is 0 Å². The van der Waals surface area contributed by atoms with E-state index in [0.717, 1.165) is 0 Å². The topological polar surface area (TPSA) is 52.6 Å². The SMILES string of the molecule is CCC(=O)OC1=CC(OC(C)=O)CC1. The smallest absolute Gasteiger partial charge is 0.310 e. The van der Waals surface area contributed by atoms with Gasteiger partial charge < -0.3 is 9.47 Å². The van der Waals surface area contributed by atoms with E-state index < -0.39 is 0 Å². The fourth-order valence-electron chi connectivity index (χ4n) is 1.27. The highest BCUT2D eigenvalue weighted by Crippen LogP contribution is 2.22. The van der Waals surface area contributed by atoms with Gasteiger partial charge in [-0.25, -0.2) is 0 Å². The lowest BCUT2D eigenvalue weighted by atomic mass is 10.3. The molecule has 1 aliphatic carbocycles. The first-order valence-electron chi connectivity index (χ1n) is 4.70. The first-order valence-corrected chi connectivity index (χ1v) is 4.70. The molecule has 1 unspecified atom stereocenters. The summed E-state index contributed by atoms with van der Waals surface area (Å²) < 4.78 is 9.95. The Bertz CT molecular complexity index is 267. The molecule has 0 aliphatic heterocycles. The molecule has 0 saturated carbocycles. The summed E-state index contributed by atoms with van der Waals surface area (Å²) >= 11 is 0. The van der Waals surface area contributed by atoms with Gasteiger partial charge in [0.15, 0.2) is 0 Å². The maximum atomic E-state index is 10.9. The summed E-state index contributed by atoms with van der Waals surface area (Å²) in [5, 5.41) is 0. The molecule has 0 amide bonds. The van der Waals surface area contributed by atoms with E-state index in [2.05, 4.69) is 0 Å². The summed E-state index contributed by atoms with van der Waals surface area (Å²) in [4.78, 5) is 21.6. The minimum atomic E-state index is -0.311. The van der Waals surface area contributed by atoms with Crippen molar-refractivity contribution < 1.29 is 19.1 Å². The fourth-order valence-corrected chi connectivity index (χ4v) is 1.27. The summed E-state index contributed by atoms with van der Waals surface area (Å²) in [7, 11) is 0. The van der Waals surface area contributed by atoms with E-state index in [1.165, 1.54) is 6.92 Å². The number of hydrogen-bond donors (Lipinski definition) is 0. The molecule has 1 aliphatic rings. The standard InChI is InChI=1S/C10H14O4/c1-3-10(12)14-9-5-4-8(6-9)13-7(2)11/h6,8H,3-5H2,1-2H3. The Morgan fingerprint density at radius 3 is 2.86 bits per heavy atom. The summed E-state index contributed by atoms with van der Waals surface area (Å²) in [5.41, 5.74) is 0. The van der Waals surface area contributed by atoms with Gasteiger partial charge in [0.2, 0.25) is 0 Å². The van der Waals surface area contributed by atoms with Gasteiger partial charge in [0.25, 0.3) is 0 Å². The highest BCUT2D eigenvalue weighted by atomic mass is 16.6. The minimum Gasteiger partial charge on any atom is -0.458 e. The van der Waals surface area contributed by atoms with Crippen LogP contribution in [0.1, 0.15) is 33.1 Å². The van der Waals surface area contributed by atoms with Crippen molar-refractivity contribution in [2.45, 2.75) is 39.2 Å². The highest BCUT2D eigenvalue weighted by Gasteiger charge is 2.20. The van der Waals surface area contributed by atoms with Crippen LogP contribution >= 0.6 is 0 Å². The molecule has 78 valence electrons. The number of ether oxygens (including phenoxy) is 2. The largest absolute Gasteiger partial charge is 0.458 e. The maximum Gasteiger partial charge on any atom is 0.310 e. The van der Waals surface area contributed by atoms with Crippen molar-refractivity contribution in [3.8, 4) is 0 Å². The number of hydrogen-bond acceptors (Lipinski definition) is 4. The third-order valence-electron chi connectivity index (χ3n) is 1.90. The Balaban J connectivity index is 2.42. The number of carbonyl (C=O) groups excluding carboxylic acids is 2. The molecule has 1 rings (SSSR count). The van der Waals surface area contributed by atoms with Gasteiger partial charge in [0, 0.05) is 19.8 Å². The molecule has 0 spiro atoms. The summed E-state index contributed by atoms with van der Waals surface area (Å²) in [6.45, 7) is 3.10. The molecule has 0 bridgehead atoms. The molecular formula is C10H14O4. The van der Waals surface area contributed by atoms with Crippen LogP contribution in [0.25, 0.3) is 0 Å². The first-order chi connectivity index (χ1) is 6.61. The second-order valence-corrected chi connectivity index (χ2v) is 3.15. The highest BCUT2D eigenvalue weighted by molar-refractivity contribution is 5.70. The zero-order valence-corrected chi connectivity index (χ0v) is 8.41. The number of carbonyl (C=O) groups is 2. The van der Waals surface area contributed by atoms with Gasteiger partial charge >= 0.3 is 11.9 Å². The van der Waals surface area contributed by atoms with E-state index in [1.54, 1.807) is 13.0 Å². The molecule has 0 aromatic heterocycles.